The van der Waals surface area contributed by atoms with E-state index in [1.165, 1.54) is 12.8 Å². The van der Waals surface area contributed by atoms with Crippen LogP contribution >= 0.6 is 23.2 Å². The summed E-state index contributed by atoms with van der Waals surface area (Å²) >= 11 is 12.7. The van der Waals surface area contributed by atoms with Crippen molar-refractivity contribution in [2.45, 2.75) is 76.0 Å². The van der Waals surface area contributed by atoms with Crippen molar-refractivity contribution in [1.29, 1.82) is 0 Å². The van der Waals surface area contributed by atoms with Gasteiger partial charge in [-0.15, -0.1) is 23.2 Å². The monoisotopic (exact) mass is 238 g/mol. The number of rotatable bonds is 7. The molecule has 0 spiro atoms. The van der Waals surface area contributed by atoms with Crippen LogP contribution in [0.15, 0.2) is 0 Å². The summed E-state index contributed by atoms with van der Waals surface area (Å²) in [5.41, 5.74) is 0. The maximum absolute atomic E-state index is 6.42. The fourth-order valence-electron chi connectivity index (χ4n) is 1.37. The smallest absolute Gasteiger partial charge is 0.0419 e. The largest absolute Gasteiger partial charge is 0.120 e. The van der Waals surface area contributed by atoms with Crippen molar-refractivity contribution < 1.29 is 0 Å². The fraction of sp³-hybridized carbons (Fsp3) is 1.00. The highest BCUT2D eigenvalue weighted by molar-refractivity contribution is 6.24. The molecule has 0 aliphatic rings. The van der Waals surface area contributed by atoms with E-state index >= 15 is 0 Å². The maximum Gasteiger partial charge on any atom is 0.0419 e. The maximum atomic E-state index is 6.42. The molecule has 2 atom stereocenters. The molecule has 0 saturated heterocycles. The number of hydrogen-bond donors (Lipinski definition) is 0. The van der Waals surface area contributed by atoms with Gasteiger partial charge in [0.25, 0.3) is 0 Å². The Kier molecular flexibility index (Phi) is 6.48. The average Bonchev–Trinajstić information content (AvgIpc) is 2.12. The van der Waals surface area contributed by atoms with Crippen molar-refractivity contribution >= 4 is 23.2 Å². The lowest BCUT2D eigenvalue weighted by Crippen LogP contribution is -2.23. The summed E-state index contributed by atoms with van der Waals surface area (Å²) in [6, 6.07) is 0. The van der Waals surface area contributed by atoms with Gasteiger partial charge in [-0.3, -0.25) is 0 Å². The van der Waals surface area contributed by atoms with E-state index in [9.17, 15) is 0 Å². The molecular formula is C12H24Cl2. The minimum Gasteiger partial charge on any atom is -0.120 e. The van der Waals surface area contributed by atoms with E-state index in [2.05, 4.69) is 27.7 Å². The Bertz CT molecular complexity index is 150. The third-order valence-corrected chi connectivity index (χ3v) is 3.79. The lowest BCUT2D eigenvalue weighted by atomic mass is 9.92. The molecule has 0 fully saturated rings. The zero-order valence-electron chi connectivity index (χ0n) is 10.00. The molecule has 2 heteroatoms. The second-order valence-corrected chi connectivity index (χ2v) is 6.61. The van der Waals surface area contributed by atoms with E-state index in [-0.39, 0.29) is 9.75 Å². The van der Waals surface area contributed by atoms with Gasteiger partial charge in [0.2, 0.25) is 0 Å². The van der Waals surface area contributed by atoms with Crippen molar-refractivity contribution in [3.8, 4) is 0 Å². The first-order valence-corrected chi connectivity index (χ1v) is 6.46. The van der Waals surface area contributed by atoms with Gasteiger partial charge < -0.3 is 0 Å². The summed E-state index contributed by atoms with van der Waals surface area (Å²) in [7, 11) is 0. The Morgan fingerprint density at radius 2 is 1.36 bits per heavy atom. The van der Waals surface area contributed by atoms with Crippen LogP contribution in [0.4, 0.5) is 0 Å². The van der Waals surface area contributed by atoms with E-state index < -0.39 is 0 Å². The molecule has 0 aliphatic carbocycles. The number of unbranched alkanes of at least 4 members (excludes halogenated alkanes) is 1. The minimum absolute atomic E-state index is 0.0542. The molecule has 0 aromatic heterocycles. The molecule has 0 saturated carbocycles. The van der Waals surface area contributed by atoms with Crippen LogP contribution in [0.2, 0.25) is 0 Å². The molecule has 2 unspecified atom stereocenters. The van der Waals surface area contributed by atoms with Crippen LogP contribution < -0.4 is 0 Å². The molecule has 0 aromatic carbocycles. The first-order valence-electron chi connectivity index (χ1n) is 5.71. The van der Waals surface area contributed by atoms with Crippen molar-refractivity contribution in [3.05, 3.63) is 0 Å². The fourth-order valence-corrected chi connectivity index (χ4v) is 1.69. The summed E-state index contributed by atoms with van der Waals surface area (Å²) in [6.07, 6.45) is 6.56. The van der Waals surface area contributed by atoms with Crippen molar-refractivity contribution in [2.75, 3.05) is 0 Å². The summed E-state index contributed by atoms with van der Waals surface area (Å²) in [4.78, 5) is -0.121. The van der Waals surface area contributed by atoms with Crippen LogP contribution in [-0.4, -0.2) is 9.75 Å². The number of alkyl halides is 2. The number of halogens is 2. The topological polar surface area (TPSA) is 0 Å². The van der Waals surface area contributed by atoms with Crippen LogP contribution in [0.3, 0.4) is 0 Å². The van der Waals surface area contributed by atoms with Gasteiger partial charge in [-0.25, -0.2) is 0 Å². The van der Waals surface area contributed by atoms with Gasteiger partial charge in [0.15, 0.2) is 0 Å². The van der Waals surface area contributed by atoms with Crippen molar-refractivity contribution in [2.24, 2.45) is 0 Å². The number of hydrogen-bond acceptors (Lipinski definition) is 0. The molecule has 86 valence electrons. The first-order chi connectivity index (χ1) is 6.33. The van der Waals surface area contributed by atoms with E-state index in [4.69, 9.17) is 23.2 Å². The standard InChI is InChI=1S/C12H24Cl2/c1-5-7-8-12(4,14)10-9-11(3,13)6-2/h5-10H2,1-4H3. The van der Waals surface area contributed by atoms with Crippen LogP contribution in [0, 0.1) is 0 Å². The first kappa shape index (κ1) is 14.6. The van der Waals surface area contributed by atoms with Gasteiger partial charge in [-0.1, -0.05) is 26.7 Å². The summed E-state index contributed by atoms with van der Waals surface area (Å²) in [5.74, 6) is 0. The highest BCUT2D eigenvalue weighted by Crippen LogP contribution is 2.33. The van der Waals surface area contributed by atoms with E-state index in [0.29, 0.717) is 0 Å². The molecular weight excluding hydrogens is 215 g/mol. The van der Waals surface area contributed by atoms with E-state index in [1.54, 1.807) is 0 Å². The SMILES string of the molecule is CCCCC(C)(Cl)CCC(C)(Cl)CC. The molecule has 0 aliphatic heterocycles. The third kappa shape index (κ3) is 6.95. The van der Waals surface area contributed by atoms with E-state index in [0.717, 1.165) is 25.7 Å². The lowest BCUT2D eigenvalue weighted by molar-refractivity contribution is 0.439. The van der Waals surface area contributed by atoms with Crippen LogP contribution in [0.1, 0.15) is 66.2 Å². The van der Waals surface area contributed by atoms with Gasteiger partial charge in [-0.2, -0.15) is 0 Å². The second-order valence-electron chi connectivity index (χ2n) is 4.78. The molecule has 0 nitrogen and oxygen atoms in total. The van der Waals surface area contributed by atoms with E-state index in [1.807, 2.05) is 0 Å². The second kappa shape index (κ2) is 6.23. The lowest BCUT2D eigenvalue weighted by Gasteiger charge is -2.27. The van der Waals surface area contributed by atoms with Gasteiger partial charge in [0, 0.05) is 9.75 Å². The minimum atomic E-state index is -0.0671. The molecule has 0 bridgehead atoms. The predicted molar refractivity (Wildman–Crippen MR) is 67.6 cm³/mol. The molecule has 0 heterocycles. The zero-order valence-corrected chi connectivity index (χ0v) is 11.5. The van der Waals surface area contributed by atoms with Crippen molar-refractivity contribution in [1.82, 2.24) is 0 Å². The average molecular weight is 239 g/mol. The summed E-state index contributed by atoms with van der Waals surface area (Å²) in [6.45, 7) is 8.56. The summed E-state index contributed by atoms with van der Waals surface area (Å²) in [5, 5.41) is 0. The Labute approximate surface area is 99.4 Å². The van der Waals surface area contributed by atoms with Crippen LogP contribution in [-0.2, 0) is 0 Å². The molecule has 0 N–H and O–H groups in total. The highest BCUT2D eigenvalue weighted by Gasteiger charge is 2.25. The predicted octanol–water partition coefficient (Wildman–Crippen LogP) is 5.36. The molecule has 0 rings (SSSR count). The zero-order chi connectivity index (χ0) is 11.2. The van der Waals surface area contributed by atoms with Gasteiger partial charge in [0.05, 0.1) is 0 Å². The Balaban J connectivity index is 3.85. The Hall–Kier alpha value is 0.580. The van der Waals surface area contributed by atoms with Crippen LogP contribution in [0.25, 0.3) is 0 Å². The van der Waals surface area contributed by atoms with Crippen molar-refractivity contribution in [3.63, 3.8) is 0 Å². The molecule has 14 heavy (non-hydrogen) atoms. The Morgan fingerprint density at radius 3 is 1.79 bits per heavy atom. The van der Waals surface area contributed by atoms with Gasteiger partial charge >= 0.3 is 0 Å². The molecule has 0 radical (unpaired) electrons. The van der Waals surface area contributed by atoms with Gasteiger partial charge in [0.1, 0.15) is 0 Å². The van der Waals surface area contributed by atoms with Crippen LogP contribution in [0.5, 0.6) is 0 Å². The normalized spacial score (nSPS) is 20.1. The Morgan fingerprint density at radius 1 is 0.857 bits per heavy atom. The van der Waals surface area contributed by atoms with Gasteiger partial charge in [-0.05, 0) is 39.5 Å². The summed E-state index contributed by atoms with van der Waals surface area (Å²) < 4.78 is 0. The molecule has 0 aromatic rings. The quantitative estimate of drug-likeness (QED) is 0.524. The third-order valence-electron chi connectivity index (χ3n) is 2.96. The highest BCUT2D eigenvalue weighted by atomic mass is 35.5. The molecule has 0 amide bonds.